The summed E-state index contributed by atoms with van der Waals surface area (Å²) < 4.78 is 137. The molecule has 15 heteroatoms. The molecule has 144 valence electrons. The number of sulfonamides is 1. The normalized spacial score (nSPS) is 14.5. The number of rotatable bonds is 7. The molecular formula is C10H5F9INO3S. The molecule has 0 aliphatic carbocycles. The topological polar surface area (TPSA) is 55.4 Å². The number of ether oxygens (including phenoxy) is 1. The van der Waals surface area contributed by atoms with E-state index in [1.165, 1.54) is 0 Å². The van der Waals surface area contributed by atoms with Gasteiger partial charge in [-0.1, -0.05) is 12.1 Å². The average molecular weight is 517 g/mol. The number of hydrogen-bond acceptors (Lipinski definition) is 3. The molecule has 0 heterocycles. The zero-order chi connectivity index (χ0) is 19.9. The van der Waals surface area contributed by atoms with Crippen molar-refractivity contribution in [1.82, 2.24) is 0 Å². The highest BCUT2D eigenvalue weighted by Crippen LogP contribution is 2.49. The van der Waals surface area contributed by atoms with E-state index < -0.39 is 42.9 Å². The molecule has 0 amide bonds. The number of alkyl halides is 9. The number of halogens is 10. The van der Waals surface area contributed by atoms with Crippen LogP contribution in [0.15, 0.2) is 24.3 Å². The van der Waals surface area contributed by atoms with Gasteiger partial charge in [-0.15, -0.1) is 0 Å². The molecule has 0 aromatic heterocycles. The minimum atomic E-state index is -6.60. The van der Waals surface area contributed by atoms with Crippen molar-refractivity contribution in [2.24, 2.45) is 0 Å². The highest BCUT2D eigenvalue weighted by Gasteiger charge is 2.73. The Labute approximate surface area is 147 Å². The van der Waals surface area contributed by atoms with Gasteiger partial charge in [0.1, 0.15) is 5.82 Å². The second-order valence-corrected chi connectivity index (χ2v) is 7.31. The van der Waals surface area contributed by atoms with Gasteiger partial charge >= 0.3 is 31.4 Å². The van der Waals surface area contributed by atoms with Crippen molar-refractivity contribution >= 4 is 38.3 Å². The summed E-state index contributed by atoms with van der Waals surface area (Å²) in [5.41, 5.74) is -1.22. The summed E-state index contributed by atoms with van der Waals surface area (Å²) in [6.07, 6.45) is -12.7. The molecule has 0 bridgehead atoms. The lowest BCUT2D eigenvalue weighted by atomic mass is 10.3. The quantitative estimate of drug-likeness (QED) is 0.332. The first-order valence-electron chi connectivity index (χ1n) is 5.62. The lowest BCUT2D eigenvalue weighted by Crippen LogP contribution is -2.56. The van der Waals surface area contributed by atoms with E-state index >= 15 is 0 Å². The van der Waals surface area contributed by atoms with E-state index in [0.29, 0.717) is 16.9 Å². The van der Waals surface area contributed by atoms with E-state index in [-0.39, 0.29) is 22.6 Å². The molecule has 0 unspecified atom stereocenters. The maximum absolute atomic E-state index is 13.5. The molecule has 0 fully saturated rings. The van der Waals surface area contributed by atoms with Crippen molar-refractivity contribution < 1.29 is 52.7 Å². The first-order chi connectivity index (χ1) is 10.9. The van der Waals surface area contributed by atoms with Gasteiger partial charge in [0.15, 0.2) is 0 Å². The fourth-order valence-corrected chi connectivity index (χ4v) is 2.24. The Hall–Kier alpha value is -0.970. The van der Waals surface area contributed by atoms with Gasteiger partial charge in [0, 0.05) is 22.6 Å². The van der Waals surface area contributed by atoms with E-state index in [4.69, 9.17) is 0 Å². The number of hydrogen-bond donors (Lipinski definition) is 1. The summed E-state index contributed by atoms with van der Waals surface area (Å²) in [6, 6.07) is 3.04. The van der Waals surface area contributed by atoms with Gasteiger partial charge < -0.3 is 0 Å². The van der Waals surface area contributed by atoms with Crippen LogP contribution in [-0.4, -0.2) is 29.8 Å². The molecule has 0 atom stereocenters. The lowest BCUT2D eigenvalue weighted by molar-refractivity contribution is -0.438. The molecule has 0 aliphatic heterocycles. The molecule has 0 aliphatic rings. The Morgan fingerprint density at radius 3 is 1.84 bits per heavy atom. The third kappa shape index (κ3) is 4.42. The number of para-hydroxylation sites is 1. The summed E-state index contributed by atoms with van der Waals surface area (Å²) in [5, 5.41) is -6.46. The van der Waals surface area contributed by atoms with Gasteiger partial charge in [0.05, 0.1) is 5.69 Å². The number of nitrogens with one attached hydrogen (secondary N) is 1. The highest BCUT2D eigenvalue weighted by atomic mass is 127. The van der Waals surface area contributed by atoms with Crippen molar-refractivity contribution in [2.75, 3.05) is 4.72 Å². The Kier molecular flexibility index (Phi) is 5.86. The molecule has 1 aromatic carbocycles. The molecule has 0 saturated carbocycles. The summed E-state index contributed by atoms with van der Waals surface area (Å²) in [5.74, 6) is -1.46. The van der Waals surface area contributed by atoms with Gasteiger partial charge in [0.2, 0.25) is 0 Å². The zero-order valence-corrected chi connectivity index (χ0v) is 14.2. The maximum Gasteiger partial charge on any atom is 0.453 e. The van der Waals surface area contributed by atoms with Crippen molar-refractivity contribution in [1.29, 1.82) is 0 Å². The minimum absolute atomic E-state index is 0.370. The van der Waals surface area contributed by atoms with Crippen LogP contribution in [0.3, 0.4) is 0 Å². The van der Waals surface area contributed by atoms with Gasteiger partial charge in [-0.05, 0) is 12.1 Å². The monoisotopic (exact) mass is 517 g/mol. The lowest BCUT2D eigenvalue weighted by Gasteiger charge is -2.30. The largest absolute Gasteiger partial charge is 0.453 e. The van der Waals surface area contributed by atoms with E-state index in [1.807, 2.05) is 0 Å². The summed E-state index contributed by atoms with van der Waals surface area (Å²) >= 11 is -0.370. The van der Waals surface area contributed by atoms with E-state index in [0.717, 1.165) is 12.1 Å². The van der Waals surface area contributed by atoms with Crippen LogP contribution in [0.25, 0.3) is 0 Å². The fraction of sp³-hybridized carbons (Fsp3) is 0.400. The predicted molar refractivity (Wildman–Crippen MR) is 73.8 cm³/mol. The molecule has 1 N–H and O–H groups in total. The summed E-state index contributed by atoms with van der Waals surface area (Å²) in [7, 11) is -6.59. The highest BCUT2D eigenvalue weighted by molar-refractivity contribution is 14.1. The molecule has 25 heavy (non-hydrogen) atoms. The average Bonchev–Trinajstić information content (AvgIpc) is 2.38. The Morgan fingerprint density at radius 2 is 1.40 bits per heavy atom. The molecule has 0 spiro atoms. The molecular weight excluding hydrogens is 512 g/mol. The molecule has 0 radical (unpaired) electrons. The van der Waals surface area contributed by atoms with E-state index in [9.17, 15) is 47.9 Å². The SMILES string of the molecule is O=S(=O)(Nc1ccccc1F)C(F)(F)C(F)(F)OC(F)(F)C(F)(F)I. The van der Waals surface area contributed by atoms with Crippen LogP contribution in [-0.2, 0) is 14.8 Å². The van der Waals surface area contributed by atoms with Crippen molar-refractivity contribution in [3.05, 3.63) is 30.1 Å². The van der Waals surface area contributed by atoms with Crippen molar-refractivity contribution in [3.63, 3.8) is 0 Å². The minimum Gasteiger partial charge on any atom is -0.275 e. The standard InChI is InChI=1S/C10H5F9INO3S/c11-5-3-1-2-4-6(5)21-25(22,23)10(18,19)9(16,17)24-8(14,15)7(12,13)20/h1-4,21H. The Bertz CT molecular complexity index is 735. The van der Waals surface area contributed by atoms with Crippen LogP contribution < -0.4 is 4.72 Å². The first kappa shape index (κ1) is 22.1. The molecule has 1 aromatic rings. The zero-order valence-electron chi connectivity index (χ0n) is 11.2. The predicted octanol–water partition coefficient (Wildman–Crippen LogP) is 4.39. The number of anilines is 1. The van der Waals surface area contributed by atoms with Gasteiger partial charge in [0.25, 0.3) is 0 Å². The second-order valence-electron chi connectivity index (χ2n) is 4.24. The fourth-order valence-electron chi connectivity index (χ4n) is 1.19. The summed E-state index contributed by atoms with van der Waals surface area (Å²) in [4.78, 5) is 0. The molecule has 0 saturated heterocycles. The van der Waals surface area contributed by atoms with Gasteiger partial charge in [-0.2, -0.15) is 43.5 Å². The second kappa shape index (κ2) is 6.64. The van der Waals surface area contributed by atoms with Crippen LogP contribution in [0, 0.1) is 5.82 Å². The van der Waals surface area contributed by atoms with Crippen LogP contribution in [0.1, 0.15) is 0 Å². The van der Waals surface area contributed by atoms with E-state index in [1.54, 1.807) is 0 Å². The van der Waals surface area contributed by atoms with Crippen LogP contribution >= 0.6 is 22.6 Å². The maximum atomic E-state index is 13.5. The van der Waals surface area contributed by atoms with Crippen LogP contribution in [0.2, 0.25) is 0 Å². The summed E-state index contributed by atoms with van der Waals surface area (Å²) in [6.45, 7) is 0. The van der Waals surface area contributed by atoms with E-state index in [2.05, 4.69) is 4.74 Å². The van der Waals surface area contributed by atoms with Crippen molar-refractivity contribution in [2.45, 2.75) is 21.4 Å². The first-order valence-corrected chi connectivity index (χ1v) is 8.18. The van der Waals surface area contributed by atoms with Gasteiger partial charge in [-0.3, -0.25) is 4.72 Å². The molecule has 1 rings (SSSR count). The van der Waals surface area contributed by atoms with Crippen molar-refractivity contribution in [3.8, 4) is 0 Å². The number of benzene rings is 1. The Balaban J connectivity index is 3.22. The smallest absolute Gasteiger partial charge is 0.275 e. The third-order valence-corrected chi connectivity index (χ3v) is 4.41. The van der Waals surface area contributed by atoms with Gasteiger partial charge in [-0.25, -0.2) is 9.13 Å². The Morgan fingerprint density at radius 1 is 0.920 bits per heavy atom. The van der Waals surface area contributed by atoms with Crippen LogP contribution in [0.4, 0.5) is 45.2 Å². The third-order valence-electron chi connectivity index (χ3n) is 2.38. The van der Waals surface area contributed by atoms with Crippen LogP contribution in [0.5, 0.6) is 0 Å². The molecule has 4 nitrogen and oxygen atoms in total.